The van der Waals surface area contributed by atoms with E-state index in [1.807, 2.05) is 12.1 Å². The molecule has 0 unspecified atom stereocenters. The average Bonchev–Trinajstić information content (AvgIpc) is 2.85. The quantitative estimate of drug-likeness (QED) is 0.692. The molecule has 3 aromatic rings. The molecule has 0 saturated heterocycles. The predicted octanol–water partition coefficient (Wildman–Crippen LogP) is 3.57. The maximum absolute atomic E-state index is 11.0. The fourth-order valence-corrected chi connectivity index (χ4v) is 3.69. The fraction of sp³-hybridized carbons (Fsp3) is 0.200. The van der Waals surface area contributed by atoms with Crippen LogP contribution in [0.2, 0.25) is 0 Å². The van der Waals surface area contributed by atoms with Gasteiger partial charge in [-0.2, -0.15) is 8.42 Å². The lowest BCUT2D eigenvalue weighted by atomic mass is 10.0. The molecule has 0 N–H and O–H groups in total. The number of thiophene rings is 1. The third-order valence-electron chi connectivity index (χ3n) is 3.21. The fourth-order valence-electron chi connectivity index (χ4n) is 2.39. The number of rotatable bonds is 4. The van der Waals surface area contributed by atoms with E-state index in [9.17, 15) is 8.42 Å². The molecule has 1 aromatic heterocycles. The van der Waals surface area contributed by atoms with Gasteiger partial charge >= 0.3 is 0 Å². The Bertz CT molecular complexity index is 863. The van der Waals surface area contributed by atoms with Crippen molar-refractivity contribution in [3.63, 3.8) is 0 Å². The van der Waals surface area contributed by atoms with E-state index in [2.05, 4.69) is 29.6 Å². The Balaban J connectivity index is 2.04. The first-order valence-electron chi connectivity index (χ1n) is 6.27. The maximum atomic E-state index is 11.0. The van der Waals surface area contributed by atoms with E-state index in [0.29, 0.717) is 6.42 Å². The van der Waals surface area contributed by atoms with Crippen molar-refractivity contribution < 1.29 is 12.6 Å². The minimum absolute atomic E-state index is 0.179. The van der Waals surface area contributed by atoms with Gasteiger partial charge in [0, 0.05) is 4.70 Å². The molecule has 0 aliphatic heterocycles. The van der Waals surface area contributed by atoms with Crippen LogP contribution >= 0.6 is 11.3 Å². The molecule has 0 saturated carbocycles. The van der Waals surface area contributed by atoms with Gasteiger partial charge in [-0.1, -0.05) is 24.3 Å². The first-order valence-corrected chi connectivity index (χ1v) is 8.96. The summed E-state index contributed by atoms with van der Waals surface area (Å²) < 4.78 is 28.2. The topological polar surface area (TPSA) is 43.4 Å². The van der Waals surface area contributed by atoms with Gasteiger partial charge in [0.05, 0.1) is 12.9 Å². The molecule has 5 heteroatoms. The molecule has 0 spiro atoms. The third-order valence-corrected chi connectivity index (χ3v) is 4.77. The summed E-state index contributed by atoms with van der Waals surface area (Å²) in [5.74, 6) is 0. The van der Waals surface area contributed by atoms with Gasteiger partial charge in [-0.15, -0.1) is 11.3 Å². The second kappa shape index (κ2) is 5.16. The van der Waals surface area contributed by atoms with E-state index in [1.165, 1.54) is 20.9 Å². The standard InChI is InChI=1S/C15H14O3S2/c1-20(16,17)18-8-6-11-10-12-7-9-19-15(12)14-5-3-2-4-13(11)14/h2-5,7,9-10H,6,8H2,1H3. The maximum Gasteiger partial charge on any atom is 0.264 e. The van der Waals surface area contributed by atoms with Gasteiger partial charge in [0.1, 0.15) is 0 Å². The second-order valence-electron chi connectivity index (χ2n) is 4.70. The highest BCUT2D eigenvalue weighted by molar-refractivity contribution is 7.85. The van der Waals surface area contributed by atoms with E-state index >= 15 is 0 Å². The lowest BCUT2D eigenvalue weighted by Crippen LogP contribution is -2.06. The van der Waals surface area contributed by atoms with Crippen LogP contribution in [0, 0.1) is 0 Å². The Labute approximate surface area is 121 Å². The highest BCUT2D eigenvalue weighted by Gasteiger charge is 2.08. The third kappa shape index (κ3) is 2.70. The van der Waals surface area contributed by atoms with Gasteiger partial charge < -0.3 is 0 Å². The van der Waals surface area contributed by atoms with Crippen molar-refractivity contribution in [2.75, 3.05) is 12.9 Å². The van der Waals surface area contributed by atoms with Gasteiger partial charge in [0.15, 0.2) is 0 Å². The monoisotopic (exact) mass is 306 g/mol. The van der Waals surface area contributed by atoms with Crippen molar-refractivity contribution in [3.05, 3.63) is 47.3 Å². The highest BCUT2D eigenvalue weighted by atomic mass is 32.2. The molecule has 0 atom stereocenters. The summed E-state index contributed by atoms with van der Waals surface area (Å²) in [4.78, 5) is 0. The van der Waals surface area contributed by atoms with E-state index in [-0.39, 0.29) is 6.61 Å². The Morgan fingerprint density at radius 2 is 1.90 bits per heavy atom. The summed E-state index contributed by atoms with van der Waals surface area (Å²) in [5, 5.41) is 5.66. The van der Waals surface area contributed by atoms with Gasteiger partial charge in [-0.25, -0.2) is 0 Å². The van der Waals surface area contributed by atoms with Crippen molar-refractivity contribution in [3.8, 4) is 0 Å². The summed E-state index contributed by atoms with van der Waals surface area (Å²) >= 11 is 1.73. The van der Waals surface area contributed by atoms with E-state index in [0.717, 1.165) is 11.8 Å². The summed E-state index contributed by atoms with van der Waals surface area (Å²) in [6, 6.07) is 12.4. The molecule has 0 aliphatic rings. The summed E-state index contributed by atoms with van der Waals surface area (Å²) in [6.45, 7) is 0.179. The summed E-state index contributed by atoms with van der Waals surface area (Å²) in [7, 11) is -3.38. The SMILES string of the molecule is CS(=O)(=O)OCCc1cc2ccsc2c2ccccc12. The molecule has 20 heavy (non-hydrogen) atoms. The first kappa shape index (κ1) is 13.5. The van der Waals surface area contributed by atoms with Crippen molar-refractivity contribution in [2.24, 2.45) is 0 Å². The molecule has 2 aromatic carbocycles. The van der Waals surface area contributed by atoms with E-state index in [1.54, 1.807) is 11.3 Å². The molecular weight excluding hydrogens is 292 g/mol. The van der Waals surface area contributed by atoms with Crippen LogP contribution in [-0.4, -0.2) is 21.3 Å². The Morgan fingerprint density at radius 3 is 2.65 bits per heavy atom. The smallest absolute Gasteiger partial charge is 0.264 e. The van der Waals surface area contributed by atoms with Crippen molar-refractivity contribution in [2.45, 2.75) is 6.42 Å². The Hall–Kier alpha value is -1.43. The van der Waals surface area contributed by atoms with Crippen LogP contribution in [0.25, 0.3) is 20.9 Å². The first-order chi connectivity index (χ1) is 9.54. The molecule has 0 amide bonds. The van der Waals surface area contributed by atoms with E-state index < -0.39 is 10.1 Å². The molecule has 1 heterocycles. The van der Waals surface area contributed by atoms with Crippen LogP contribution in [0.3, 0.4) is 0 Å². The minimum atomic E-state index is -3.38. The molecular formula is C15H14O3S2. The summed E-state index contributed by atoms with van der Waals surface area (Å²) in [6.07, 6.45) is 1.66. The number of fused-ring (bicyclic) bond motifs is 3. The van der Waals surface area contributed by atoms with Crippen LogP contribution in [-0.2, 0) is 20.7 Å². The molecule has 3 nitrogen and oxygen atoms in total. The van der Waals surface area contributed by atoms with Gasteiger partial charge in [-0.05, 0) is 45.7 Å². The Kier molecular flexibility index (Phi) is 3.50. The van der Waals surface area contributed by atoms with Gasteiger partial charge in [0.25, 0.3) is 10.1 Å². The number of benzene rings is 2. The minimum Gasteiger partial charge on any atom is -0.270 e. The molecule has 0 radical (unpaired) electrons. The van der Waals surface area contributed by atoms with E-state index in [4.69, 9.17) is 4.18 Å². The second-order valence-corrected chi connectivity index (χ2v) is 7.26. The van der Waals surface area contributed by atoms with Gasteiger partial charge in [0.2, 0.25) is 0 Å². The molecule has 0 bridgehead atoms. The number of hydrogen-bond donors (Lipinski definition) is 0. The van der Waals surface area contributed by atoms with Crippen LogP contribution < -0.4 is 0 Å². The zero-order valence-electron chi connectivity index (χ0n) is 11.0. The lowest BCUT2D eigenvalue weighted by Gasteiger charge is -2.08. The van der Waals surface area contributed by atoms with Crippen LogP contribution in [0.15, 0.2) is 41.8 Å². The van der Waals surface area contributed by atoms with Crippen molar-refractivity contribution >= 4 is 42.3 Å². The number of hydrogen-bond acceptors (Lipinski definition) is 4. The van der Waals surface area contributed by atoms with Crippen LogP contribution in [0.5, 0.6) is 0 Å². The zero-order chi connectivity index (χ0) is 14.2. The lowest BCUT2D eigenvalue weighted by molar-refractivity contribution is 0.326. The van der Waals surface area contributed by atoms with Crippen LogP contribution in [0.1, 0.15) is 5.56 Å². The zero-order valence-corrected chi connectivity index (χ0v) is 12.6. The van der Waals surface area contributed by atoms with Crippen LogP contribution in [0.4, 0.5) is 0 Å². The normalized spacial score (nSPS) is 12.2. The van der Waals surface area contributed by atoms with Gasteiger partial charge in [-0.3, -0.25) is 4.18 Å². The molecule has 0 aliphatic carbocycles. The predicted molar refractivity (Wildman–Crippen MR) is 83.8 cm³/mol. The average molecular weight is 306 g/mol. The largest absolute Gasteiger partial charge is 0.270 e. The Morgan fingerprint density at radius 1 is 1.15 bits per heavy atom. The molecule has 0 fully saturated rings. The summed E-state index contributed by atoms with van der Waals surface area (Å²) in [5.41, 5.74) is 1.12. The highest BCUT2D eigenvalue weighted by Crippen LogP contribution is 2.32. The molecule has 3 rings (SSSR count). The van der Waals surface area contributed by atoms with Crippen molar-refractivity contribution in [1.82, 2.24) is 0 Å². The van der Waals surface area contributed by atoms with Crippen molar-refractivity contribution in [1.29, 1.82) is 0 Å². The molecule has 104 valence electrons.